The number of hydrogen-bond acceptors (Lipinski definition) is 3. The van der Waals surface area contributed by atoms with E-state index in [0.29, 0.717) is 11.6 Å². The summed E-state index contributed by atoms with van der Waals surface area (Å²) in [5, 5.41) is 9.75. The zero-order valence-corrected chi connectivity index (χ0v) is 7.56. The largest absolute Gasteiger partial charge is 0.387 e. The zero-order chi connectivity index (χ0) is 9.10. The van der Waals surface area contributed by atoms with Crippen LogP contribution in [0, 0.1) is 5.92 Å². The maximum atomic E-state index is 9.75. The zero-order valence-electron chi connectivity index (χ0n) is 7.56. The van der Waals surface area contributed by atoms with Gasteiger partial charge in [0, 0.05) is 12.4 Å². The first-order valence-corrected chi connectivity index (χ1v) is 4.80. The van der Waals surface area contributed by atoms with Crippen LogP contribution in [0.3, 0.4) is 0 Å². The van der Waals surface area contributed by atoms with Crippen molar-refractivity contribution in [1.29, 1.82) is 0 Å². The average molecular weight is 178 g/mol. The van der Waals surface area contributed by atoms with Crippen LogP contribution in [-0.2, 0) is 0 Å². The quantitative estimate of drug-likeness (QED) is 0.766. The van der Waals surface area contributed by atoms with Gasteiger partial charge in [0.25, 0.3) is 0 Å². The Kier molecular flexibility index (Phi) is 2.54. The van der Waals surface area contributed by atoms with Gasteiger partial charge in [-0.1, -0.05) is 19.3 Å². The highest BCUT2D eigenvalue weighted by Crippen LogP contribution is 2.33. The first kappa shape index (κ1) is 8.63. The Morgan fingerprint density at radius 2 is 2.31 bits per heavy atom. The highest BCUT2D eigenvalue weighted by atomic mass is 16.3. The summed E-state index contributed by atoms with van der Waals surface area (Å²) < 4.78 is 0. The first-order valence-electron chi connectivity index (χ1n) is 4.80. The number of hydrogen-bond donors (Lipinski definition) is 1. The minimum absolute atomic E-state index is 0.418. The van der Waals surface area contributed by atoms with Crippen LogP contribution in [0.4, 0.5) is 0 Å². The molecule has 1 aliphatic carbocycles. The van der Waals surface area contributed by atoms with Crippen molar-refractivity contribution in [3.63, 3.8) is 0 Å². The maximum Gasteiger partial charge on any atom is 0.0978 e. The number of aromatic nitrogens is 2. The molecular weight excluding hydrogens is 164 g/mol. The Morgan fingerprint density at radius 1 is 1.46 bits per heavy atom. The van der Waals surface area contributed by atoms with Crippen LogP contribution in [0.15, 0.2) is 18.6 Å². The second-order valence-electron chi connectivity index (χ2n) is 3.68. The van der Waals surface area contributed by atoms with Crippen LogP contribution in [0.5, 0.6) is 0 Å². The van der Waals surface area contributed by atoms with Crippen molar-refractivity contribution in [3.8, 4) is 0 Å². The molecule has 3 heteroatoms. The van der Waals surface area contributed by atoms with E-state index < -0.39 is 6.10 Å². The summed E-state index contributed by atoms with van der Waals surface area (Å²) >= 11 is 0. The Hall–Kier alpha value is -0.960. The van der Waals surface area contributed by atoms with Gasteiger partial charge in [0.1, 0.15) is 0 Å². The van der Waals surface area contributed by atoms with Crippen molar-refractivity contribution in [3.05, 3.63) is 24.3 Å². The first-order chi connectivity index (χ1) is 6.36. The summed E-state index contributed by atoms with van der Waals surface area (Å²) in [5.41, 5.74) is 0.703. The average Bonchev–Trinajstić information content (AvgIpc) is 2.12. The van der Waals surface area contributed by atoms with Gasteiger partial charge in [-0.25, -0.2) is 0 Å². The van der Waals surface area contributed by atoms with E-state index in [1.54, 1.807) is 18.6 Å². The smallest absolute Gasteiger partial charge is 0.0978 e. The molecule has 1 heterocycles. The molecule has 0 spiro atoms. The summed E-state index contributed by atoms with van der Waals surface area (Å²) in [5.74, 6) is 0.706. The Balaban J connectivity index is 1.92. The SMILES string of the molecule is OC(CC1CCC1)c1cnccn1. The standard InChI is InChI=1S/C10H14N2O/c13-10(6-8-2-1-3-8)9-7-11-4-5-12-9/h4-5,7-8,10,13H,1-3,6H2. The van der Waals surface area contributed by atoms with Crippen molar-refractivity contribution in [2.75, 3.05) is 0 Å². The highest BCUT2D eigenvalue weighted by molar-refractivity contribution is 4.99. The fourth-order valence-electron chi connectivity index (χ4n) is 1.65. The van der Waals surface area contributed by atoms with E-state index in [4.69, 9.17) is 0 Å². The highest BCUT2D eigenvalue weighted by Gasteiger charge is 2.22. The van der Waals surface area contributed by atoms with Crippen LogP contribution in [0.25, 0.3) is 0 Å². The molecule has 0 aliphatic heterocycles. The van der Waals surface area contributed by atoms with Crippen LogP contribution in [0.1, 0.15) is 37.5 Å². The molecular formula is C10H14N2O. The van der Waals surface area contributed by atoms with Crippen molar-refractivity contribution in [2.24, 2.45) is 5.92 Å². The molecule has 1 aromatic heterocycles. The van der Waals surface area contributed by atoms with Gasteiger partial charge in [-0.05, 0) is 12.3 Å². The molecule has 1 atom stereocenters. The van der Waals surface area contributed by atoms with E-state index in [2.05, 4.69) is 9.97 Å². The van der Waals surface area contributed by atoms with Crippen LogP contribution in [0.2, 0.25) is 0 Å². The molecule has 3 nitrogen and oxygen atoms in total. The summed E-state index contributed by atoms with van der Waals surface area (Å²) in [7, 11) is 0. The third-order valence-electron chi connectivity index (χ3n) is 2.71. The second-order valence-corrected chi connectivity index (χ2v) is 3.68. The molecule has 0 saturated heterocycles. The molecule has 13 heavy (non-hydrogen) atoms. The van der Waals surface area contributed by atoms with Gasteiger partial charge in [0.2, 0.25) is 0 Å². The van der Waals surface area contributed by atoms with E-state index in [-0.39, 0.29) is 0 Å². The molecule has 0 amide bonds. The molecule has 1 unspecified atom stereocenters. The molecule has 1 saturated carbocycles. The number of aliphatic hydroxyl groups excluding tert-OH is 1. The van der Waals surface area contributed by atoms with Crippen molar-refractivity contribution < 1.29 is 5.11 Å². The second kappa shape index (κ2) is 3.83. The van der Waals surface area contributed by atoms with Gasteiger partial charge in [0.05, 0.1) is 18.0 Å². The van der Waals surface area contributed by atoms with E-state index in [1.165, 1.54) is 19.3 Å². The van der Waals surface area contributed by atoms with Crippen molar-refractivity contribution >= 4 is 0 Å². The Bertz CT molecular complexity index is 259. The van der Waals surface area contributed by atoms with Gasteiger partial charge in [-0.15, -0.1) is 0 Å². The molecule has 1 N–H and O–H groups in total. The fourth-order valence-corrected chi connectivity index (χ4v) is 1.65. The van der Waals surface area contributed by atoms with Crippen molar-refractivity contribution in [2.45, 2.75) is 31.8 Å². The molecule has 0 radical (unpaired) electrons. The Morgan fingerprint density at radius 3 is 2.85 bits per heavy atom. The molecule has 1 fully saturated rings. The van der Waals surface area contributed by atoms with Crippen molar-refractivity contribution in [1.82, 2.24) is 9.97 Å². The maximum absolute atomic E-state index is 9.75. The third kappa shape index (κ3) is 2.04. The molecule has 0 bridgehead atoms. The van der Waals surface area contributed by atoms with E-state index >= 15 is 0 Å². The van der Waals surface area contributed by atoms with E-state index in [1.807, 2.05) is 0 Å². The van der Waals surface area contributed by atoms with Gasteiger partial charge in [0.15, 0.2) is 0 Å². The lowest BCUT2D eigenvalue weighted by Gasteiger charge is -2.27. The minimum Gasteiger partial charge on any atom is -0.387 e. The number of nitrogens with zero attached hydrogens (tertiary/aromatic N) is 2. The van der Waals surface area contributed by atoms with Gasteiger partial charge in [-0.3, -0.25) is 9.97 Å². The topological polar surface area (TPSA) is 46.0 Å². The van der Waals surface area contributed by atoms with Crippen LogP contribution < -0.4 is 0 Å². The van der Waals surface area contributed by atoms with Gasteiger partial charge < -0.3 is 5.11 Å². The van der Waals surface area contributed by atoms with Gasteiger partial charge >= 0.3 is 0 Å². The molecule has 1 aliphatic rings. The third-order valence-corrected chi connectivity index (χ3v) is 2.71. The Labute approximate surface area is 77.8 Å². The summed E-state index contributed by atoms with van der Waals surface area (Å²) in [6, 6.07) is 0. The molecule has 2 rings (SSSR count). The molecule has 70 valence electrons. The van der Waals surface area contributed by atoms with Crippen LogP contribution >= 0.6 is 0 Å². The minimum atomic E-state index is -0.418. The summed E-state index contributed by atoms with van der Waals surface area (Å²) in [6.07, 6.45) is 9.16. The monoisotopic (exact) mass is 178 g/mol. The number of aliphatic hydroxyl groups is 1. The number of rotatable bonds is 3. The predicted octanol–water partition coefficient (Wildman–Crippen LogP) is 1.70. The summed E-state index contributed by atoms with van der Waals surface area (Å²) in [4.78, 5) is 8.01. The van der Waals surface area contributed by atoms with E-state index in [9.17, 15) is 5.11 Å². The van der Waals surface area contributed by atoms with Gasteiger partial charge in [-0.2, -0.15) is 0 Å². The van der Waals surface area contributed by atoms with E-state index in [0.717, 1.165) is 6.42 Å². The fraction of sp³-hybridized carbons (Fsp3) is 0.600. The lowest BCUT2D eigenvalue weighted by atomic mass is 9.81. The normalized spacial score (nSPS) is 19.5. The molecule has 0 aromatic carbocycles. The summed E-state index contributed by atoms with van der Waals surface area (Å²) in [6.45, 7) is 0. The molecule has 1 aromatic rings. The van der Waals surface area contributed by atoms with Crippen LogP contribution in [-0.4, -0.2) is 15.1 Å². The lowest BCUT2D eigenvalue weighted by Crippen LogP contribution is -2.15. The lowest BCUT2D eigenvalue weighted by molar-refractivity contribution is 0.114. The predicted molar refractivity (Wildman–Crippen MR) is 48.9 cm³/mol.